The van der Waals surface area contributed by atoms with Crippen LogP contribution in [0, 0.1) is 0 Å². The van der Waals surface area contributed by atoms with Gasteiger partial charge in [0.05, 0.1) is 19.8 Å². The molecule has 0 aliphatic rings. The molecule has 0 atom stereocenters. The van der Waals surface area contributed by atoms with Crippen molar-refractivity contribution in [3.05, 3.63) is 12.2 Å². The lowest BCUT2D eigenvalue weighted by atomic mass is 10.1. The second-order valence-corrected chi connectivity index (χ2v) is 3.65. The fraction of sp³-hybridized carbons (Fsp3) is 0.769. The number of carbonyl (C=O) groups excluding carboxylic acids is 1. The van der Waals surface area contributed by atoms with Crippen LogP contribution in [0.1, 0.15) is 33.1 Å². The topological polar surface area (TPSA) is 44.8 Å². The van der Waals surface area contributed by atoms with Crippen molar-refractivity contribution in [2.45, 2.75) is 33.1 Å². The Balaban J connectivity index is 3.35. The first-order chi connectivity index (χ1) is 8.22. The van der Waals surface area contributed by atoms with E-state index in [1.165, 1.54) is 0 Å². The summed E-state index contributed by atoms with van der Waals surface area (Å²) in [6, 6.07) is 0. The monoisotopic (exact) mass is 244 g/mol. The highest BCUT2D eigenvalue weighted by molar-refractivity contribution is 5.87. The molecule has 0 heterocycles. The van der Waals surface area contributed by atoms with E-state index in [-0.39, 0.29) is 12.6 Å². The molecule has 17 heavy (non-hydrogen) atoms. The van der Waals surface area contributed by atoms with Crippen LogP contribution in [0.25, 0.3) is 0 Å². The molecule has 4 nitrogen and oxygen atoms in total. The van der Waals surface area contributed by atoms with Crippen molar-refractivity contribution in [3.63, 3.8) is 0 Å². The Morgan fingerprint density at radius 2 is 1.71 bits per heavy atom. The first-order valence-corrected chi connectivity index (χ1v) is 6.22. The van der Waals surface area contributed by atoms with Crippen LogP contribution in [0.15, 0.2) is 12.2 Å². The number of rotatable bonds is 11. The summed E-state index contributed by atoms with van der Waals surface area (Å²) in [4.78, 5) is 11.4. The van der Waals surface area contributed by atoms with Gasteiger partial charge in [0.2, 0.25) is 0 Å². The zero-order chi connectivity index (χ0) is 12.9. The molecule has 0 rings (SSSR count). The van der Waals surface area contributed by atoms with Crippen LogP contribution in [0.4, 0.5) is 0 Å². The van der Waals surface area contributed by atoms with E-state index in [1.54, 1.807) is 0 Å². The number of hydrogen-bond donors (Lipinski definition) is 0. The summed E-state index contributed by atoms with van der Waals surface area (Å²) in [6.07, 6.45) is 2.73. The van der Waals surface area contributed by atoms with Crippen LogP contribution in [0.5, 0.6) is 0 Å². The minimum Gasteiger partial charge on any atom is -0.460 e. The van der Waals surface area contributed by atoms with E-state index in [9.17, 15) is 4.79 Å². The normalized spacial score (nSPS) is 10.2. The maximum absolute atomic E-state index is 11.4. The number of ether oxygens (including phenoxy) is 3. The van der Waals surface area contributed by atoms with E-state index in [1.807, 2.05) is 6.92 Å². The second-order valence-electron chi connectivity index (χ2n) is 3.65. The molecule has 0 saturated carbocycles. The van der Waals surface area contributed by atoms with Crippen LogP contribution >= 0.6 is 0 Å². The molecule has 0 amide bonds. The molecule has 0 aromatic rings. The Morgan fingerprint density at radius 1 is 1.06 bits per heavy atom. The van der Waals surface area contributed by atoms with Gasteiger partial charge in [-0.3, -0.25) is 0 Å². The molecule has 0 aromatic carbocycles. The summed E-state index contributed by atoms with van der Waals surface area (Å²) < 4.78 is 15.3. The van der Waals surface area contributed by atoms with Crippen molar-refractivity contribution >= 4 is 5.97 Å². The quantitative estimate of drug-likeness (QED) is 0.318. The maximum atomic E-state index is 11.4. The van der Waals surface area contributed by atoms with Gasteiger partial charge in [-0.1, -0.05) is 19.9 Å². The Labute approximate surface area is 104 Å². The maximum Gasteiger partial charge on any atom is 0.333 e. The molecule has 0 radical (unpaired) electrons. The van der Waals surface area contributed by atoms with Crippen molar-refractivity contribution in [1.29, 1.82) is 0 Å². The molecule has 0 saturated heterocycles. The average Bonchev–Trinajstić information content (AvgIpc) is 2.34. The highest BCUT2D eigenvalue weighted by atomic mass is 16.6. The molecule has 0 bridgehead atoms. The molecule has 0 aromatic heterocycles. The Kier molecular flexibility index (Phi) is 11.0. The van der Waals surface area contributed by atoms with Gasteiger partial charge in [0.1, 0.15) is 6.61 Å². The summed E-state index contributed by atoms with van der Waals surface area (Å²) in [6.45, 7) is 10.2. The molecule has 0 aliphatic carbocycles. The lowest BCUT2D eigenvalue weighted by Gasteiger charge is -2.07. The van der Waals surface area contributed by atoms with E-state index in [4.69, 9.17) is 14.2 Å². The van der Waals surface area contributed by atoms with E-state index < -0.39 is 0 Å². The smallest absolute Gasteiger partial charge is 0.333 e. The zero-order valence-electron chi connectivity index (χ0n) is 11.0. The van der Waals surface area contributed by atoms with E-state index in [0.29, 0.717) is 38.4 Å². The highest BCUT2D eigenvalue weighted by Gasteiger charge is 2.07. The molecule has 100 valence electrons. The third kappa shape index (κ3) is 10.0. The van der Waals surface area contributed by atoms with Crippen molar-refractivity contribution in [2.75, 3.05) is 33.0 Å². The predicted octanol–water partition coefficient (Wildman–Crippen LogP) is 2.33. The van der Waals surface area contributed by atoms with Gasteiger partial charge < -0.3 is 14.2 Å². The van der Waals surface area contributed by atoms with E-state index in [2.05, 4.69) is 13.5 Å². The molecule has 0 fully saturated rings. The lowest BCUT2D eigenvalue weighted by molar-refractivity contribution is -0.140. The summed E-state index contributed by atoms with van der Waals surface area (Å²) >= 11 is 0. The van der Waals surface area contributed by atoms with E-state index in [0.717, 1.165) is 12.8 Å². The Bertz CT molecular complexity index is 213. The third-order valence-electron chi connectivity index (χ3n) is 2.16. The van der Waals surface area contributed by atoms with Crippen molar-refractivity contribution in [3.8, 4) is 0 Å². The third-order valence-corrected chi connectivity index (χ3v) is 2.16. The molecular formula is C13H24O4. The van der Waals surface area contributed by atoms with Crippen molar-refractivity contribution in [2.24, 2.45) is 0 Å². The first-order valence-electron chi connectivity index (χ1n) is 6.22. The van der Waals surface area contributed by atoms with Crippen LogP contribution in [0.3, 0.4) is 0 Å². The standard InChI is InChI=1S/C13H24O4/c1-4-6-7-12(3)13(14)17-11-10-16-9-8-15-5-2/h3-11H2,1-2H3. The largest absolute Gasteiger partial charge is 0.460 e. The molecule has 0 N–H and O–H groups in total. The van der Waals surface area contributed by atoms with Gasteiger partial charge in [-0.25, -0.2) is 4.79 Å². The molecule has 0 unspecified atom stereocenters. The fourth-order valence-corrected chi connectivity index (χ4v) is 1.15. The van der Waals surface area contributed by atoms with E-state index >= 15 is 0 Å². The van der Waals surface area contributed by atoms with Crippen LogP contribution < -0.4 is 0 Å². The average molecular weight is 244 g/mol. The van der Waals surface area contributed by atoms with Crippen molar-refractivity contribution in [1.82, 2.24) is 0 Å². The van der Waals surface area contributed by atoms with Gasteiger partial charge in [0, 0.05) is 12.2 Å². The van der Waals surface area contributed by atoms with Crippen molar-refractivity contribution < 1.29 is 19.0 Å². The van der Waals surface area contributed by atoms with Crippen LogP contribution in [-0.2, 0) is 19.0 Å². The summed E-state index contributed by atoms with van der Waals surface area (Å²) in [7, 11) is 0. The number of hydrogen-bond acceptors (Lipinski definition) is 4. The molecule has 4 heteroatoms. The minimum absolute atomic E-state index is 0.274. The van der Waals surface area contributed by atoms with Gasteiger partial charge in [0.15, 0.2) is 0 Å². The molecule has 0 spiro atoms. The van der Waals surface area contributed by atoms with Gasteiger partial charge in [0.25, 0.3) is 0 Å². The number of esters is 1. The van der Waals surface area contributed by atoms with Gasteiger partial charge in [-0.05, 0) is 19.8 Å². The zero-order valence-corrected chi connectivity index (χ0v) is 11.0. The minimum atomic E-state index is -0.313. The Morgan fingerprint density at radius 3 is 2.35 bits per heavy atom. The van der Waals surface area contributed by atoms with Gasteiger partial charge in [-0.15, -0.1) is 0 Å². The summed E-state index contributed by atoms with van der Waals surface area (Å²) in [5.41, 5.74) is 0.543. The number of unbranched alkanes of at least 4 members (excludes halogenated alkanes) is 1. The van der Waals surface area contributed by atoms with Crippen LogP contribution in [-0.4, -0.2) is 39.0 Å². The summed E-state index contributed by atoms with van der Waals surface area (Å²) in [5.74, 6) is -0.313. The highest BCUT2D eigenvalue weighted by Crippen LogP contribution is 2.06. The molecule has 0 aliphatic heterocycles. The fourth-order valence-electron chi connectivity index (χ4n) is 1.15. The SMILES string of the molecule is C=C(CCCC)C(=O)OCCOCCOCC. The second kappa shape index (κ2) is 11.6. The van der Waals surface area contributed by atoms with Gasteiger partial charge in [-0.2, -0.15) is 0 Å². The summed E-state index contributed by atoms with van der Waals surface area (Å²) in [5, 5.41) is 0. The lowest BCUT2D eigenvalue weighted by Crippen LogP contribution is -2.14. The first kappa shape index (κ1) is 16.1. The molecular weight excluding hydrogens is 220 g/mol. The van der Waals surface area contributed by atoms with Gasteiger partial charge >= 0.3 is 5.97 Å². The number of carbonyl (C=O) groups is 1. The predicted molar refractivity (Wildman–Crippen MR) is 66.9 cm³/mol. The Hall–Kier alpha value is -0.870. The van der Waals surface area contributed by atoms with Crippen LogP contribution in [0.2, 0.25) is 0 Å².